The highest BCUT2D eigenvalue weighted by Crippen LogP contribution is 2.15. The van der Waals surface area contributed by atoms with E-state index < -0.39 is 5.97 Å². The van der Waals surface area contributed by atoms with E-state index >= 15 is 0 Å². The first-order chi connectivity index (χ1) is 9.40. The van der Waals surface area contributed by atoms with Gasteiger partial charge < -0.3 is 14.9 Å². The first-order valence-corrected chi connectivity index (χ1v) is 6.71. The minimum atomic E-state index is -1.11. The molecule has 0 aliphatic carbocycles. The van der Waals surface area contributed by atoms with Gasteiger partial charge in [0.25, 0.3) is 5.91 Å². The fraction of sp³-hybridized carbons (Fsp3) is 0.615. The lowest BCUT2D eigenvalue weighted by Crippen LogP contribution is -2.47. The van der Waals surface area contributed by atoms with E-state index in [4.69, 9.17) is 5.11 Å². The summed E-state index contributed by atoms with van der Waals surface area (Å²) in [5.74, 6) is -1.26. The number of piperazine rings is 1. The molecule has 1 fully saturated rings. The van der Waals surface area contributed by atoms with E-state index in [1.165, 1.54) is 10.7 Å². The quantitative estimate of drug-likeness (QED) is 0.874. The average Bonchev–Trinajstić information content (AvgIpc) is 2.84. The average molecular weight is 280 g/mol. The SMILES string of the molecule is CC(C)n1nc(C(=O)O)cc1C(=O)N1CCN(C)CC1. The molecule has 1 aliphatic rings. The van der Waals surface area contributed by atoms with Crippen LogP contribution in [-0.2, 0) is 0 Å². The van der Waals surface area contributed by atoms with Crippen molar-refractivity contribution in [1.29, 1.82) is 0 Å². The van der Waals surface area contributed by atoms with Crippen molar-refractivity contribution in [3.63, 3.8) is 0 Å². The molecule has 1 aliphatic heterocycles. The van der Waals surface area contributed by atoms with Crippen LogP contribution < -0.4 is 0 Å². The fourth-order valence-corrected chi connectivity index (χ4v) is 2.22. The van der Waals surface area contributed by atoms with E-state index in [0.29, 0.717) is 18.8 Å². The van der Waals surface area contributed by atoms with Crippen molar-refractivity contribution in [3.8, 4) is 0 Å². The number of likely N-dealkylation sites (N-methyl/N-ethyl adjacent to an activating group) is 1. The molecule has 7 nitrogen and oxygen atoms in total. The highest BCUT2D eigenvalue weighted by Gasteiger charge is 2.26. The molecule has 0 atom stereocenters. The summed E-state index contributed by atoms with van der Waals surface area (Å²) < 4.78 is 1.49. The molecule has 2 heterocycles. The van der Waals surface area contributed by atoms with Crippen LogP contribution in [0.5, 0.6) is 0 Å². The van der Waals surface area contributed by atoms with Crippen molar-refractivity contribution in [2.75, 3.05) is 33.2 Å². The second-order valence-corrected chi connectivity index (χ2v) is 5.35. The molecule has 0 radical (unpaired) electrons. The Hall–Kier alpha value is -1.89. The van der Waals surface area contributed by atoms with Gasteiger partial charge in [0.1, 0.15) is 5.69 Å². The monoisotopic (exact) mass is 280 g/mol. The summed E-state index contributed by atoms with van der Waals surface area (Å²) in [7, 11) is 2.02. The van der Waals surface area contributed by atoms with Crippen molar-refractivity contribution < 1.29 is 14.7 Å². The number of hydrogen-bond acceptors (Lipinski definition) is 4. The normalized spacial score (nSPS) is 16.7. The lowest BCUT2D eigenvalue weighted by molar-refractivity contribution is 0.0648. The standard InChI is InChI=1S/C13H20N4O3/c1-9(2)17-11(8-10(14-17)13(19)20)12(18)16-6-4-15(3)5-7-16/h8-9H,4-7H2,1-3H3,(H,19,20). The van der Waals surface area contributed by atoms with Crippen LogP contribution in [-0.4, -0.2) is 69.8 Å². The molecule has 0 aromatic carbocycles. The van der Waals surface area contributed by atoms with E-state index in [1.54, 1.807) is 4.90 Å². The van der Waals surface area contributed by atoms with Gasteiger partial charge in [0, 0.05) is 38.3 Å². The molecule has 110 valence electrons. The van der Waals surface area contributed by atoms with Gasteiger partial charge in [-0.3, -0.25) is 9.48 Å². The lowest BCUT2D eigenvalue weighted by Gasteiger charge is -2.32. The van der Waals surface area contributed by atoms with Crippen LogP contribution >= 0.6 is 0 Å². The summed E-state index contributed by atoms with van der Waals surface area (Å²) in [6, 6.07) is 1.30. The number of carbonyl (C=O) groups is 2. The van der Waals surface area contributed by atoms with Crippen LogP contribution in [0.2, 0.25) is 0 Å². The molecule has 1 aromatic rings. The van der Waals surface area contributed by atoms with Crippen molar-refractivity contribution in [2.45, 2.75) is 19.9 Å². The molecule has 0 saturated carbocycles. The molecule has 1 aromatic heterocycles. The lowest BCUT2D eigenvalue weighted by atomic mass is 10.2. The first kappa shape index (κ1) is 14.5. The molecule has 2 rings (SSSR count). The van der Waals surface area contributed by atoms with Crippen LogP contribution in [0.1, 0.15) is 40.9 Å². The van der Waals surface area contributed by atoms with E-state index in [0.717, 1.165) is 13.1 Å². The molecular weight excluding hydrogens is 260 g/mol. The molecule has 0 spiro atoms. The van der Waals surface area contributed by atoms with Crippen LogP contribution in [0.3, 0.4) is 0 Å². The molecule has 0 unspecified atom stereocenters. The Morgan fingerprint density at radius 3 is 2.35 bits per heavy atom. The van der Waals surface area contributed by atoms with Crippen LogP contribution in [0.25, 0.3) is 0 Å². The van der Waals surface area contributed by atoms with Crippen LogP contribution in [0.15, 0.2) is 6.07 Å². The summed E-state index contributed by atoms with van der Waals surface area (Å²) >= 11 is 0. The second kappa shape index (κ2) is 5.62. The highest BCUT2D eigenvalue weighted by molar-refractivity contribution is 5.95. The van der Waals surface area contributed by atoms with Gasteiger partial charge in [-0.1, -0.05) is 0 Å². The predicted octanol–water partition coefficient (Wildman–Crippen LogP) is 0.550. The summed E-state index contributed by atoms with van der Waals surface area (Å²) in [4.78, 5) is 27.5. The Kier molecular flexibility index (Phi) is 4.08. The number of rotatable bonds is 3. The Balaban J connectivity index is 2.26. The molecule has 1 saturated heterocycles. The largest absolute Gasteiger partial charge is 0.476 e. The third-order valence-electron chi connectivity index (χ3n) is 3.45. The minimum Gasteiger partial charge on any atom is -0.476 e. The Morgan fingerprint density at radius 2 is 1.85 bits per heavy atom. The number of amides is 1. The number of hydrogen-bond donors (Lipinski definition) is 1. The van der Waals surface area contributed by atoms with Crippen LogP contribution in [0, 0.1) is 0 Å². The molecule has 1 amide bonds. The number of carboxylic acid groups (broad SMARTS) is 1. The second-order valence-electron chi connectivity index (χ2n) is 5.35. The van der Waals surface area contributed by atoms with Crippen molar-refractivity contribution in [1.82, 2.24) is 19.6 Å². The Labute approximate surface area is 117 Å². The van der Waals surface area contributed by atoms with Crippen molar-refractivity contribution in [3.05, 3.63) is 17.5 Å². The maximum atomic E-state index is 12.5. The summed E-state index contributed by atoms with van der Waals surface area (Å²) in [6.45, 7) is 6.71. The van der Waals surface area contributed by atoms with Gasteiger partial charge in [-0.2, -0.15) is 5.10 Å². The number of nitrogens with zero attached hydrogens (tertiary/aromatic N) is 4. The van der Waals surface area contributed by atoms with Gasteiger partial charge in [-0.05, 0) is 20.9 Å². The molecule has 7 heteroatoms. The van der Waals surface area contributed by atoms with Crippen molar-refractivity contribution in [2.24, 2.45) is 0 Å². The zero-order valence-corrected chi connectivity index (χ0v) is 12.0. The maximum Gasteiger partial charge on any atom is 0.356 e. The van der Waals surface area contributed by atoms with E-state index in [9.17, 15) is 9.59 Å². The predicted molar refractivity (Wildman–Crippen MR) is 73.0 cm³/mol. The zero-order valence-electron chi connectivity index (χ0n) is 12.0. The summed E-state index contributed by atoms with van der Waals surface area (Å²) in [5, 5.41) is 13.0. The van der Waals surface area contributed by atoms with Gasteiger partial charge in [0.2, 0.25) is 0 Å². The van der Waals surface area contributed by atoms with E-state index in [2.05, 4.69) is 10.00 Å². The molecule has 1 N–H and O–H groups in total. The number of carbonyl (C=O) groups excluding carboxylic acids is 1. The molecule has 0 bridgehead atoms. The van der Waals surface area contributed by atoms with Crippen molar-refractivity contribution >= 4 is 11.9 Å². The van der Waals surface area contributed by atoms with Gasteiger partial charge in [0.15, 0.2) is 5.69 Å². The topological polar surface area (TPSA) is 78.7 Å². The Morgan fingerprint density at radius 1 is 1.25 bits per heavy atom. The minimum absolute atomic E-state index is 0.0606. The smallest absolute Gasteiger partial charge is 0.356 e. The fourth-order valence-electron chi connectivity index (χ4n) is 2.22. The highest BCUT2D eigenvalue weighted by atomic mass is 16.4. The maximum absolute atomic E-state index is 12.5. The van der Waals surface area contributed by atoms with E-state index in [1.807, 2.05) is 20.9 Å². The van der Waals surface area contributed by atoms with Crippen LogP contribution in [0.4, 0.5) is 0 Å². The zero-order chi connectivity index (χ0) is 14.9. The number of aromatic nitrogens is 2. The summed E-state index contributed by atoms with van der Waals surface area (Å²) in [5.41, 5.74) is 0.262. The van der Waals surface area contributed by atoms with E-state index in [-0.39, 0.29) is 17.6 Å². The van der Waals surface area contributed by atoms with Gasteiger partial charge in [-0.25, -0.2) is 4.79 Å². The summed E-state index contributed by atoms with van der Waals surface area (Å²) in [6.07, 6.45) is 0. The molecular formula is C13H20N4O3. The number of aromatic carboxylic acids is 1. The third kappa shape index (κ3) is 2.82. The molecule has 20 heavy (non-hydrogen) atoms. The van der Waals surface area contributed by atoms with Gasteiger partial charge >= 0.3 is 5.97 Å². The Bertz CT molecular complexity index is 516. The first-order valence-electron chi connectivity index (χ1n) is 6.71. The number of carboxylic acids is 1. The third-order valence-corrected chi connectivity index (χ3v) is 3.45. The van der Waals surface area contributed by atoms with Gasteiger partial charge in [0.05, 0.1) is 0 Å². The van der Waals surface area contributed by atoms with Gasteiger partial charge in [-0.15, -0.1) is 0 Å².